The van der Waals surface area contributed by atoms with Crippen molar-refractivity contribution in [2.45, 2.75) is 13.1 Å². The molecule has 0 radical (unpaired) electrons. The van der Waals surface area contributed by atoms with E-state index in [1.165, 1.54) is 23.2 Å². The van der Waals surface area contributed by atoms with Gasteiger partial charge in [0.25, 0.3) is 5.91 Å². The quantitative estimate of drug-likeness (QED) is 0.917. The molecule has 0 atom stereocenters. The van der Waals surface area contributed by atoms with Crippen LogP contribution in [0.1, 0.15) is 31.8 Å². The van der Waals surface area contributed by atoms with Crippen molar-refractivity contribution in [1.82, 2.24) is 9.88 Å². The number of aromatic carboxylic acids is 1. The van der Waals surface area contributed by atoms with Crippen molar-refractivity contribution in [3.8, 4) is 0 Å². The molecule has 21 heavy (non-hydrogen) atoms. The van der Waals surface area contributed by atoms with Gasteiger partial charge in [0.1, 0.15) is 0 Å². The van der Waals surface area contributed by atoms with E-state index in [9.17, 15) is 14.0 Å². The van der Waals surface area contributed by atoms with Gasteiger partial charge in [0.2, 0.25) is 0 Å². The Morgan fingerprint density at radius 1 is 1.19 bits per heavy atom. The second-order valence-corrected chi connectivity index (χ2v) is 4.81. The van der Waals surface area contributed by atoms with Crippen LogP contribution in [0.4, 0.5) is 4.39 Å². The van der Waals surface area contributed by atoms with E-state index in [4.69, 9.17) is 5.11 Å². The van der Waals surface area contributed by atoms with Crippen LogP contribution in [-0.4, -0.2) is 26.9 Å². The van der Waals surface area contributed by atoms with E-state index in [0.29, 0.717) is 6.54 Å². The van der Waals surface area contributed by atoms with Crippen molar-refractivity contribution in [2.24, 2.45) is 0 Å². The molecule has 0 aliphatic carbocycles. The molecule has 3 rings (SSSR count). The van der Waals surface area contributed by atoms with E-state index in [0.717, 1.165) is 17.3 Å². The second kappa shape index (κ2) is 4.97. The van der Waals surface area contributed by atoms with Crippen LogP contribution in [0.3, 0.4) is 0 Å². The molecule has 0 spiro atoms. The molecule has 1 N–H and O–H groups in total. The fourth-order valence-corrected chi connectivity index (χ4v) is 2.39. The minimum absolute atomic E-state index is 0.0312. The average Bonchev–Trinajstić information content (AvgIpc) is 2.89. The Morgan fingerprint density at radius 3 is 2.67 bits per heavy atom. The van der Waals surface area contributed by atoms with Crippen molar-refractivity contribution >= 4 is 11.9 Å². The fraction of sp³-hybridized carbons (Fsp3) is 0.133. The first-order valence-electron chi connectivity index (χ1n) is 6.30. The Balaban J connectivity index is 1.86. The van der Waals surface area contributed by atoms with Gasteiger partial charge in [-0.05, 0) is 29.3 Å². The van der Waals surface area contributed by atoms with Gasteiger partial charge in [-0.25, -0.2) is 9.18 Å². The van der Waals surface area contributed by atoms with Gasteiger partial charge in [-0.2, -0.15) is 0 Å². The van der Waals surface area contributed by atoms with Crippen molar-refractivity contribution < 1.29 is 19.1 Å². The number of carbonyl (C=O) groups excluding carboxylic acids is 1. The van der Waals surface area contributed by atoms with Gasteiger partial charge in [-0.3, -0.25) is 9.78 Å². The largest absolute Gasteiger partial charge is 0.478 e. The Hall–Kier alpha value is -2.76. The predicted molar refractivity (Wildman–Crippen MR) is 71.2 cm³/mol. The summed E-state index contributed by atoms with van der Waals surface area (Å²) in [5.41, 5.74) is 1.80. The summed E-state index contributed by atoms with van der Waals surface area (Å²) in [5.74, 6) is -2.10. The molecule has 106 valence electrons. The van der Waals surface area contributed by atoms with Crippen molar-refractivity contribution in [2.75, 3.05) is 0 Å². The van der Waals surface area contributed by atoms with Crippen LogP contribution in [0.2, 0.25) is 0 Å². The molecule has 0 saturated heterocycles. The van der Waals surface area contributed by atoms with E-state index in [1.54, 1.807) is 12.1 Å². The maximum Gasteiger partial charge on any atom is 0.335 e. The van der Waals surface area contributed by atoms with Crippen LogP contribution in [-0.2, 0) is 13.1 Å². The number of fused-ring (bicyclic) bond motifs is 1. The van der Waals surface area contributed by atoms with Crippen LogP contribution >= 0.6 is 0 Å². The first kappa shape index (κ1) is 13.2. The van der Waals surface area contributed by atoms with Gasteiger partial charge in [-0.1, -0.05) is 6.07 Å². The van der Waals surface area contributed by atoms with E-state index < -0.39 is 17.7 Å². The third-order valence-corrected chi connectivity index (χ3v) is 3.47. The van der Waals surface area contributed by atoms with E-state index in [-0.39, 0.29) is 17.7 Å². The van der Waals surface area contributed by atoms with Gasteiger partial charge in [0, 0.05) is 19.3 Å². The molecule has 1 aliphatic rings. The number of amides is 1. The fourth-order valence-electron chi connectivity index (χ4n) is 2.39. The highest BCUT2D eigenvalue weighted by atomic mass is 19.1. The zero-order chi connectivity index (χ0) is 15.0. The predicted octanol–water partition coefficient (Wildman–Crippen LogP) is 2.07. The molecule has 0 bridgehead atoms. The number of nitrogens with zero attached hydrogens (tertiary/aromatic N) is 2. The van der Waals surface area contributed by atoms with Gasteiger partial charge < -0.3 is 10.0 Å². The summed E-state index contributed by atoms with van der Waals surface area (Å²) < 4.78 is 13.6. The molecule has 6 heteroatoms. The number of hydrogen-bond acceptors (Lipinski definition) is 3. The number of rotatable bonds is 2. The van der Waals surface area contributed by atoms with Crippen molar-refractivity contribution in [3.63, 3.8) is 0 Å². The highest BCUT2D eigenvalue weighted by Gasteiger charge is 2.26. The monoisotopic (exact) mass is 286 g/mol. The lowest BCUT2D eigenvalue weighted by atomic mass is 10.1. The third-order valence-electron chi connectivity index (χ3n) is 3.47. The SMILES string of the molecule is O=C(O)c1ccc2c(c1)CN(C(=O)c1ccncc1F)C2. The third kappa shape index (κ3) is 2.35. The molecular formula is C15H11FN2O3. The van der Waals surface area contributed by atoms with Gasteiger partial charge >= 0.3 is 5.97 Å². The highest BCUT2D eigenvalue weighted by molar-refractivity contribution is 5.95. The highest BCUT2D eigenvalue weighted by Crippen LogP contribution is 2.25. The summed E-state index contributed by atoms with van der Waals surface area (Å²) >= 11 is 0. The Kier molecular flexibility index (Phi) is 3.13. The van der Waals surface area contributed by atoms with Crippen LogP contribution in [0.15, 0.2) is 36.7 Å². The van der Waals surface area contributed by atoms with Gasteiger partial charge in [0.15, 0.2) is 5.82 Å². The van der Waals surface area contributed by atoms with Crippen LogP contribution < -0.4 is 0 Å². The number of carbonyl (C=O) groups is 2. The topological polar surface area (TPSA) is 70.5 Å². The zero-order valence-corrected chi connectivity index (χ0v) is 10.9. The lowest BCUT2D eigenvalue weighted by Crippen LogP contribution is -2.26. The molecule has 1 amide bonds. The molecule has 1 aromatic carbocycles. The van der Waals surface area contributed by atoms with E-state index >= 15 is 0 Å². The molecule has 2 heterocycles. The van der Waals surface area contributed by atoms with Crippen LogP contribution in [0.5, 0.6) is 0 Å². The van der Waals surface area contributed by atoms with E-state index in [1.807, 2.05) is 0 Å². The lowest BCUT2D eigenvalue weighted by Gasteiger charge is -2.15. The number of pyridine rings is 1. The second-order valence-electron chi connectivity index (χ2n) is 4.81. The number of carboxylic acid groups (broad SMARTS) is 1. The molecule has 2 aromatic rings. The molecule has 5 nitrogen and oxygen atoms in total. The summed E-state index contributed by atoms with van der Waals surface area (Å²) in [6.45, 7) is 0.618. The summed E-state index contributed by atoms with van der Waals surface area (Å²) in [6.07, 6.45) is 2.36. The number of hydrogen-bond donors (Lipinski definition) is 1. The van der Waals surface area contributed by atoms with Crippen molar-refractivity contribution in [1.29, 1.82) is 0 Å². The van der Waals surface area contributed by atoms with Gasteiger partial charge in [-0.15, -0.1) is 0 Å². The Bertz CT molecular complexity index is 745. The normalized spacial score (nSPS) is 13.1. The van der Waals surface area contributed by atoms with Gasteiger partial charge in [0.05, 0.1) is 17.3 Å². The standard InChI is InChI=1S/C15H11FN2O3/c16-13-6-17-4-3-12(13)14(19)18-7-10-2-1-9(15(20)21)5-11(10)8-18/h1-6H,7-8H2,(H,20,21). The molecule has 0 unspecified atom stereocenters. The number of aromatic nitrogens is 1. The number of carboxylic acids is 1. The Morgan fingerprint density at radius 2 is 1.95 bits per heavy atom. The van der Waals surface area contributed by atoms with Crippen molar-refractivity contribution in [3.05, 3.63) is 64.7 Å². The molecule has 0 saturated carbocycles. The summed E-state index contributed by atoms with van der Waals surface area (Å²) in [5, 5.41) is 8.97. The lowest BCUT2D eigenvalue weighted by molar-refractivity contribution is 0.0696. The molecular weight excluding hydrogens is 275 g/mol. The first-order chi connectivity index (χ1) is 10.1. The van der Waals surface area contributed by atoms with Crippen LogP contribution in [0, 0.1) is 5.82 Å². The van der Waals surface area contributed by atoms with E-state index in [2.05, 4.69) is 4.98 Å². The maximum absolute atomic E-state index is 13.6. The molecule has 1 aromatic heterocycles. The minimum atomic E-state index is -1.01. The van der Waals surface area contributed by atoms with Crippen LogP contribution in [0.25, 0.3) is 0 Å². The summed E-state index contributed by atoms with van der Waals surface area (Å²) in [7, 11) is 0. The summed E-state index contributed by atoms with van der Waals surface area (Å²) in [6, 6.07) is 6.08. The smallest absolute Gasteiger partial charge is 0.335 e. The first-order valence-corrected chi connectivity index (χ1v) is 6.30. The number of benzene rings is 1. The average molecular weight is 286 g/mol. The Labute approximate surface area is 119 Å². The summed E-state index contributed by atoms with van der Waals surface area (Å²) in [4.78, 5) is 28.3. The maximum atomic E-state index is 13.6. The molecule has 0 fully saturated rings. The molecule has 1 aliphatic heterocycles. The zero-order valence-electron chi connectivity index (χ0n) is 10.9. The minimum Gasteiger partial charge on any atom is -0.478 e. The number of halogens is 1.